The molecule has 2 saturated heterocycles. The summed E-state index contributed by atoms with van der Waals surface area (Å²) in [7, 11) is -4.33. The lowest BCUT2D eigenvalue weighted by Crippen LogP contribution is -2.49. The molecule has 34 heavy (non-hydrogen) atoms. The molecule has 3 fully saturated rings. The van der Waals surface area contributed by atoms with Crippen LogP contribution in [0.4, 0.5) is 27.6 Å². The second-order valence-electron chi connectivity index (χ2n) is 9.49. The second-order valence-corrected chi connectivity index (χ2v) is 11.7. The fourth-order valence-electron chi connectivity index (χ4n) is 5.48. The average Bonchev–Trinajstić information content (AvgIpc) is 3.14. The number of hydrogen-bond donors (Lipinski definition) is 0. The number of benzene rings is 1. The molecule has 1 saturated carbocycles. The Bertz CT molecular complexity index is 1160. The van der Waals surface area contributed by atoms with Crippen molar-refractivity contribution in [2.24, 2.45) is 11.8 Å². The standard InChI is InChI=1S/C21H24F5N5O2S/c1-12-2-3-14(6-21(24,25)26)34(32,33)31(12)7-13-4-18(23)19(5-17(13)22)29-8-15-16(9-29)20(15)30-10-27-28-11-30/h4-5,10-12,14-16,20H,2-3,6-9H2,1H3/t12-,14?,15-,16+,20?/m0/s1. The Morgan fingerprint density at radius 3 is 2.29 bits per heavy atom. The first kappa shape index (κ1) is 23.5. The highest BCUT2D eigenvalue weighted by Gasteiger charge is 2.57. The van der Waals surface area contributed by atoms with Crippen LogP contribution in [0, 0.1) is 23.5 Å². The van der Waals surface area contributed by atoms with Crippen molar-refractivity contribution in [3.63, 3.8) is 0 Å². The number of nitrogens with zero attached hydrogens (tertiary/aromatic N) is 5. The topological polar surface area (TPSA) is 71.3 Å². The number of hydrogen-bond acceptors (Lipinski definition) is 5. The maximum atomic E-state index is 15.0. The molecule has 7 nitrogen and oxygen atoms in total. The quantitative estimate of drug-likeness (QED) is 0.582. The molecule has 5 atom stereocenters. The Labute approximate surface area is 193 Å². The van der Waals surface area contributed by atoms with Crippen LogP contribution in [0.2, 0.25) is 0 Å². The molecule has 0 bridgehead atoms. The van der Waals surface area contributed by atoms with Gasteiger partial charge >= 0.3 is 6.18 Å². The summed E-state index contributed by atoms with van der Waals surface area (Å²) in [6, 6.07) is 1.64. The maximum absolute atomic E-state index is 15.0. The number of alkyl halides is 3. The van der Waals surface area contributed by atoms with Gasteiger partial charge in [-0.25, -0.2) is 17.2 Å². The molecule has 0 spiro atoms. The zero-order chi connectivity index (χ0) is 24.4. The summed E-state index contributed by atoms with van der Waals surface area (Å²) in [5, 5.41) is 5.97. The van der Waals surface area contributed by atoms with Crippen molar-refractivity contribution in [1.29, 1.82) is 0 Å². The van der Waals surface area contributed by atoms with Crippen LogP contribution in [0.5, 0.6) is 0 Å². The molecule has 186 valence electrons. The molecule has 2 aliphatic heterocycles. The van der Waals surface area contributed by atoms with Gasteiger partial charge in [0.15, 0.2) is 0 Å². The first-order valence-corrected chi connectivity index (χ1v) is 12.6. The Morgan fingerprint density at radius 2 is 1.68 bits per heavy atom. The van der Waals surface area contributed by atoms with Crippen molar-refractivity contribution in [2.45, 2.75) is 56.2 Å². The van der Waals surface area contributed by atoms with E-state index >= 15 is 0 Å². The zero-order valence-electron chi connectivity index (χ0n) is 18.3. The number of anilines is 1. The molecule has 0 radical (unpaired) electrons. The van der Waals surface area contributed by atoms with Gasteiger partial charge in [-0.2, -0.15) is 17.5 Å². The maximum Gasteiger partial charge on any atom is 0.390 e. The van der Waals surface area contributed by atoms with Crippen LogP contribution in [-0.4, -0.2) is 58.0 Å². The van der Waals surface area contributed by atoms with Gasteiger partial charge in [0.25, 0.3) is 0 Å². The lowest BCUT2D eigenvalue weighted by molar-refractivity contribution is -0.135. The van der Waals surface area contributed by atoms with E-state index in [0.717, 1.165) is 16.4 Å². The van der Waals surface area contributed by atoms with Crippen LogP contribution < -0.4 is 4.90 Å². The predicted octanol–water partition coefficient (Wildman–Crippen LogP) is 3.50. The van der Waals surface area contributed by atoms with Crippen LogP contribution >= 0.6 is 0 Å². The van der Waals surface area contributed by atoms with Crippen molar-refractivity contribution >= 4 is 15.7 Å². The summed E-state index contributed by atoms with van der Waals surface area (Å²) in [5.41, 5.74) is -0.100. The van der Waals surface area contributed by atoms with E-state index in [-0.39, 0.29) is 42.0 Å². The van der Waals surface area contributed by atoms with E-state index in [1.165, 1.54) is 0 Å². The minimum absolute atomic E-state index is 0.0976. The summed E-state index contributed by atoms with van der Waals surface area (Å²) in [6.45, 7) is 2.13. The second kappa shape index (κ2) is 8.14. The minimum Gasteiger partial charge on any atom is -0.368 e. The molecule has 13 heteroatoms. The van der Waals surface area contributed by atoms with E-state index in [9.17, 15) is 30.4 Å². The van der Waals surface area contributed by atoms with E-state index in [4.69, 9.17) is 0 Å². The molecule has 1 aliphatic carbocycles. The van der Waals surface area contributed by atoms with E-state index in [1.807, 2.05) is 4.57 Å². The zero-order valence-corrected chi connectivity index (χ0v) is 19.1. The van der Waals surface area contributed by atoms with Crippen molar-refractivity contribution in [3.05, 3.63) is 42.0 Å². The van der Waals surface area contributed by atoms with Crippen molar-refractivity contribution < 1.29 is 30.4 Å². The first-order chi connectivity index (χ1) is 16.0. The molecule has 2 aromatic rings. The van der Waals surface area contributed by atoms with Gasteiger partial charge in [0.05, 0.1) is 17.4 Å². The summed E-state index contributed by atoms with van der Waals surface area (Å²) in [6.07, 6.45) is -2.72. The normalized spacial score (nSPS) is 31.0. The lowest BCUT2D eigenvalue weighted by Gasteiger charge is -2.37. The summed E-state index contributed by atoms with van der Waals surface area (Å²) in [4.78, 5) is 1.76. The lowest BCUT2D eigenvalue weighted by atomic mass is 10.1. The summed E-state index contributed by atoms with van der Waals surface area (Å²) in [5.74, 6) is -0.911. The average molecular weight is 506 g/mol. The van der Waals surface area contributed by atoms with Crippen LogP contribution in [0.15, 0.2) is 24.8 Å². The Morgan fingerprint density at radius 1 is 1.03 bits per heavy atom. The molecule has 2 unspecified atom stereocenters. The monoisotopic (exact) mass is 505 g/mol. The number of aromatic nitrogens is 3. The smallest absolute Gasteiger partial charge is 0.368 e. The fraction of sp³-hybridized carbons (Fsp3) is 0.619. The summed E-state index contributed by atoms with van der Waals surface area (Å²) < 4.78 is 97.1. The van der Waals surface area contributed by atoms with Crippen molar-refractivity contribution in [1.82, 2.24) is 19.1 Å². The highest BCUT2D eigenvalue weighted by molar-refractivity contribution is 7.89. The van der Waals surface area contributed by atoms with Gasteiger partial charge in [-0.05, 0) is 25.8 Å². The number of rotatable bonds is 5. The highest BCUT2D eigenvalue weighted by Crippen LogP contribution is 2.56. The largest absolute Gasteiger partial charge is 0.390 e. The minimum atomic E-state index is -4.63. The van der Waals surface area contributed by atoms with Gasteiger partial charge in [-0.3, -0.25) is 0 Å². The molecule has 3 heterocycles. The molecular formula is C21H24F5N5O2S. The van der Waals surface area contributed by atoms with E-state index < -0.39 is 52.1 Å². The molecule has 3 aliphatic rings. The molecular weight excluding hydrogens is 481 g/mol. The first-order valence-electron chi connectivity index (χ1n) is 11.1. The molecule has 5 rings (SSSR count). The van der Waals surface area contributed by atoms with E-state index in [1.54, 1.807) is 24.5 Å². The molecule has 0 N–H and O–H groups in total. The van der Waals surface area contributed by atoms with Crippen LogP contribution in [0.1, 0.15) is 37.8 Å². The van der Waals surface area contributed by atoms with Crippen LogP contribution in [-0.2, 0) is 16.6 Å². The van der Waals surface area contributed by atoms with Crippen molar-refractivity contribution in [2.75, 3.05) is 18.0 Å². The Kier molecular flexibility index (Phi) is 5.62. The predicted molar refractivity (Wildman–Crippen MR) is 112 cm³/mol. The van der Waals surface area contributed by atoms with Gasteiger partial charge in [0.2, 0.25) is 10.0 Å². The van der Waals surface area contributed by atoms with Gasteiger partial charge in [-0.1, -0.05) is 0 Å². The third-order valence-corrected chi connectivity index (χ3v) is 9.71. The Balaban J connectivity index is 1.31. The van der Waals surface area contributed by atoms with Crippen LogP contribution in [0.3, 0.4) is 0 Å². The summed E-state index contributed by atoms with van der Waals surface area (Å²) >= 11 is 0. The third kappa shape index (κ3) is 4.16. The highest BCUT2D eigenvalue weighted by atomic mass is 32.2. The number of fused-ring (bicyclic) bond motifs is 1. The van der Waals surface area contributed by atoms with Crippen LogP contribution in [0.25, 0.3) is 0 Å². The Hall–Kier alpha value is -2.28. The molecule has 0 amide bonds. The fourth-order valence-corrected chi connectivity index (χ4v) is 7.62. The third-order valence-electron chi connectivity index (χ3n) is 7.32. The van der Waals surface area contributed by atoms with Gasteiger partial charge in [-0.15, -0.1) is 10.2 Å². The van der Waals surface area contributed by atoms with E-state index in [0.29, 0.717) is 13.1 Å². The molecule has 1 aromatic heterocycles. The number of halogens is 5. The number of sulfonamides is 1. The van der Waals surface area contributed by atoms with E-state index in [2.05, 4.69) is 10.2 Å². The van der Waals surface area contributed by atoms with Gasteiger partial charge < -0.3 is 9.47 Å². The SMILES string of the molecule is C[C@H]1CCC(CC(F)(F)F)S(=O)(=O)N1Cc1cc(F)c(N2C[C@@H]3C(n4cnnc4)[C@@H]3C2)cc1F. The number of piperidine rings is 1. The van der Waals surface area contributed by atoms with Gasteiger partial charge in [0, 0.05) is 55.2 Å². The van der Waals surface area contributed by atoms with Gasteiger partial charge in [0.1, 0.15) is 24.3 Å². The molecule has 1 aromatic carbocycles. The van der Waals surface area contributed by atoms with Crippen molar-refractivity contribution in [3.8, 4) is 0 Å².